The molecule has 1 rings (SSSR count). The van der Waals surface area contributed by atoms with E-state index in [4.69, 9.17) is 0 Å². The van der Waals surface area contributed by atoms with Crippen molar-refractivity contribution in [2.24, 2.45) is 13.0 Å². The van der Waals surface area contributed by atoms with Crippen molar-refractivity contribution >= 4 is 5.91 Å². The number of carbonyl (C=O) groups is 1. The van der Waals surface area contributed by atoms with E-state index in [9.17, 15) is 4.79 Å². The summed E-state index contributed by atoms with van der Waals surface area (Å²) in [6.45, 7) is 7.13. The van der Waals surface area contributed by atoms with E-state index in [1.165, 1.54) is 0 Å². The van der Waals surface area contributed by atoms with Crippen LogP contribution in [0.2, 0.25) is 0 Å². The highest BCUT2D eigenvalue weighted by Crippen LogP contribution is 2.11. The molecular formula is C12H22N4O. The Morgan fingerprint density at radius 2 is 2.12 bits per heavy atom. The Morgan fingerprint density at radius 3 is 2.59 bits per heavy atom. The zero-order valence-corrected chi connectivity index (χ0v) is 11.3. The quantitative estimate of drug-likeness (QED) is 0.786. The van der Waals surface area contributed by atoms with Gasteiger partial charge in [0.25, 0.3) is 0 Å². The van der Waals surface area contributed by atoms with E-state index >= 15 is 0 Å². The van der Waals surface area contributed by atoms with Crippen LogP contribution in [-0.2, 0) is 18.4 Å². The van der Waals surface area contributed by atoms with Crippen molar-refractivity contribution in [3.8, 4) is 0 Å². The zero-order chi connectivity index (χ0) is 13.0. The number of carbonyl (C=O) groups excluding carboxylic acids is 1. The fourth-order valence-corrected chi connectivity index (χ4v) is 1.82. The molecule has 1 atom stereocenters. The van der Waals surface area contributed by atoms with Crippen LogP contribution in [-0.4, -0.2) is 29.3 Å². The molecule has 17 heavy (non-hydrogen) atoms. The maximum absolute atomic E-state index is 11.8. The van der Waals surface area contributed by atoms with Gasteiger partial charge >= 0.3 is 0 Å². The number of aryl methyl sites for hydroxylation is 2. The highest BCUT2D eigenvalue weighted by molar-refractivity contribution is 5.78. The molecule has 0 aliphatic carbocycles. The van der Waals surface area contributed by atoms with Crippen LogP contribution in [0.5, 0.6) is 0 Å². The predicted octanol–water partition coefficient (Wildman–Crippen LogP) is 0.509. The van der Waals surface area contributed by atoms with Crippen molar-refractivity contribution in [3.05, 3.63) is 17.0 Å². The van der Waals surface area contributed by atoms with Crippen LogP contribution in [0.4, 0.5) is 0 Å². The summed E-state index contributed by atoms with van der Waals surface area (Å²) in [5.41, 5.74) is 3.19. The lowest BCUT2D eigenvalue weighted by Gasteiger charge is -2.11. The van der Waals surface area contributed by atoms with Gasteiger partial charge in [-0.25, -0.2) is 0 Å². The molecule has 5 heteroatoms. The molecule has 0 saturated heterocycles. The number of hydrogen-bond donors (Lipinski definition) is 2. The lowest BCUT2D eigenvalue weighted by Crippen LogP contribution is -2.34. The first-order chi connectivity index (χ1) is 7.97. The Labute approximate surface area is 103 Å². The van der Waals surface area contributed by atoms with E-state index in [0.717, 1.165) is 17.0 Å². The van der Waals surface area contributed by atoms with Gasteiger partial charge in [0, 0.05) is 37.3 Å². The van der Waals surface area contributed by atoms with Crippen molar-refractivity contribution in [3.63, 3.8) is 0 Å². The normalized spacial score (nSPS) is 12.5. The van der Waals surface area contributed by atoms with Gasteiger partial charge in [-0.3, -0.25) is 9.48 Å². The van der Waals surface area contributed by atoms with Gasteiger partial charge in [0.2, 0.25) is 5.91 Å². The minimum Gasteiger partial charge on any atom is -0.352 e. The molecule has 1 amide bonds. The standard InChI is InChI=1S/C12H22N4O/c1-8(6-13-4)12(17)14-7-11-9(2)15-16(5)10(11)3/h8,13H,6-7H2,1-5H3,(H,14,17). The molecule has 0 spiro atoms. The monoisotopic (exact) mass is 238 g/mol. The SMILES string of the molecule is CNCC(C)C(=O)NCc1c(C)nn(C)c1C. The third-order valence-corrected chi connectivity index (χ3v) is 3.06. The van der Waals surface area contributed by atoms with E-state index in [0.29, 0.717) is 13.1 Å². The summed E-state index contributed by atoms with van der Waals surface area (Å²) in [4.78, 5) is 11.8. The number of nitrogens with zero attached hydrogens (tertiary/aromatic N) is 2. The fourth-order valence-electron chi connectivity index (χ4n) is 1.82. The summed E-state index contributed by atoms with van der Waals surface area (Å²) in [6, 6.07) is 0. The van der Waals surface area contributed by atoms with Crippen molar-refractivity contribution < 1.29 is 4.79 Å². The predicted molar refractivity (Wildman–Crippen MR) is 67.6 cm³/mol. The van der Waals surface area contributed by atoms with Gasteiger partial charge in [-0.1, -0.05) is 6.92 Å². The summed E-state index contributed by atoms with van der Waals surface area (Å²) in [5, 5.41) is 10.3. The van der Waals surface area contributed by atoms with Crippen LogP contribution in [0.1, 0.15) is 23.9 Å². The van der Waals surface area contributed by atoms with Gasteiger partial charge in [-0.05, 0) is 20.9 Å². The van der Waals surface area contributed by atoms with Crippen LogP contribution < -0.4 is 10.6 Å². The van der Waals surface area contributed by atoms with Gasteiger partial charge in [-0.15, -0.1) is 0 Å². The zero-order valence-electron chi connectivity index (χ0n) is 11.3. The molecule has 1 heterocycles. The van der Waals surface area contributed by atoms with Crippen LogP contribution >= 0.6 is 0 Å². The Morgan fingerprint density at radius 1 is 1.47 bits per heavy atom. The van der Waals surface area contributed by atoms with Crippen molar-refractivity contribution in [1.82, 2.24) is 20.4 Å². The second kappa shape index (κ2) is 5.82. The molecule has 0 radical (unpaired) electrons. The van der Waals surface area contributed by atoms with Gasteiger partial charge in [0.15, 0.2) is 0 Å². The Bertz CT molecular complexity index is 397. The molecule has 0 fully saturated rings. The van der Waals surface area contributed by atoms with Crippen molar-refractivity contribution in [1.29, 1.82) is 0 Å². The number of hydrogen-bond acceptors (Lipinski definition) is 3. The average Bonchev–Trinajstić information content (AvgIpc) is 2.51. The highest BCUT2D eigenvalue weighted by atomic mass is 16.1. The minimum atomic E-state index is -0.0164. The summed E-state index contributed by atoms with van der Waals surface area (Å²) in [6.07, 6.45) is 0. The van der Waals surface area contributed by atoms with E-state index in [-0.39, 0.29) is 11.8 Å². The van der Waals surface area contributed by atoms with Gasteiger partial charge < -0.3 is 10.6 Å². The number of aromatic nitrogens is 2. The van der Waals surface area contributed by atoms with Gasteiger partial charge in [0.1, 0.15) is 0 Å². The molecule has 0 aliphatic heterocycles. The molecule has 0 aromatic carbocycles. The van der Waals surface area contributed by atoms with Crippen LogP contribution in [0, 0.1) is 19.8 Å². The Hall–Kier alpha value is -1.36. The third-order valence-electron chi connectivity index (χ3n) is 3.06. The molecular weight excluding hydrogens is 216 g/mol. The Kier molecular flexibility index (Phi) is 4.69. The van der Waals surface area contributed by atoms with Gasteiger partial charge in [0.05, 0.1) is 5.69 Å². The van der Waals surface area contributed by atoms with Crippen LogP contribution in [0.3, 0.4) is 0 Å². The Balaban J connectivity index is 2.58. The van der Waals surface area contributed by atoms with Crippen molar-refractivity contribution in [2.45, 2.75) is 27.3 Å². The van der Waals surface area contributed by atoms with E-state index in [1.807, 2.05) is 39.5 Å². The summed E-state index contributed by atoms with van der Waals surface area (Å²) >= 11 is 0. The highest BCUT2D eigenvalue weighted by Gasteiger charge is 2.14. The summed E-state index contributed by atoms with van der Waals surface area (Å²) in [7, 11) is 3.76. The van der Waals surface area contributed by atoms with E-state index in [1.54, 1.807) is 0 Å². The van der Waals surface area contributed by atoms with Crippen LogP contribution in [0.25, 0.3) is 0 Å². The summed E-state index contributed by atoms with van der Waals surface area (Å²) < 4.78 is 1.84. The first-order valence-corrected chi connectivity index (χ1v) is 5.88. The number of amides is 1. The maximum atomic E-state index is 11.8. The molecule has 2 N–H and O–H groups in total. The number of nitrogens with one attached hydrogen (secondary N) is 2. The fraction of sp³-hybridized carbons (Fsp3) is 0.667. The maximum Gasteiger partial charge on any atom is 0.224 e. The molecule has 96 valence electrons. The largest absolute Gasteiger partial charge is 0.352 e. The molecule has 5 nitrogen and oxygen atoms in total. The van der Waals surface area contributed by atoms with E-state index < -0.39 is 0 Å². The summed E-state index contributed by atoms with van der Waals surface area (Å²) in [5.74, 6) is 0.0549. The molecule has 1 unspecified atom stereocenters. The molecule has 0 saturated carbocycles. The third kappa shape index (κ3) is 3.30. The molecule has 0 aliphatic rings. The van der Waals surface area contributed by atoms with E-state index in [2.05, 4.69) is 15.7 Å². The molecule has 1 aromatic heterocycles. The average molecular weight is 238 g/mol. The number of rotatable bonds is 5. The second-order valence-electron chi connectivity index (χ2n) is 4.45. The minimum absolute atomic E-state index is 0.0164. The van der Waals surface area contributed by atoms with Gasteiger partial charge in [-0.2, -0.15) is 5.10 Å². The lowest BCUT2D eigenvalue weighted by molar-refractivity contribution is -0.124. The molecule has 1 aromatic rings. The van der Waals surface area contributed by atoms with Crippen molar-refractivity contribution in [2.75, 3.05) is 13.6 Å². The lowest BCUT2D eigenvalue weighted by atomic mass is 10.1. The smallest absolute Gasteiger partial charge is 0.224 e. The first-order valence-electron chi connectivity index (χ1n) is 5.88. The first kappa shape index (κ1) is 13.7. The van der Waals surface area contributed by atoms with Crippen LogP contribution in [0.15, 0.2) is 0 Å². The molecule has 0 bridgehead atoms. The topological polar surface area (TPSA) is 59.0 Å². The second-order valence-corrected chi connectivity index (χ2v) is 4.45.